The summed E-state index contributed by atoms with van der Waals surface area (Å²) in [4.78, 5) is 13.2. The van der Waals surface area contributed by atoms with Gasteiger partial charge in [-0.25, -0.2) is 0 Å². The van der Waals surface area contributed by atoms with Gasteiger partial charge < -0.3 is 16.3 Å². The van der Waals surface area contributed by atoms with E-state index in [2.05, 4.69) is 10.5 Å². The minimum absolute atomic E-state index is 0.0197. The fraction of sp³-hybridized carbons (Fsp3) is 0.143. The molecule has 0 fully saturated rings. The van der Waals surface area contributed by atoms with E-state index in [0.717, 1.165) is 4.88 Å². The van der Waals surface area contributed by atoms with Crippen molar-refractivity contribution in [3.8, 4) is 0 Å². The molecule has 5 nitrogen and oxygen atoms in total. The first-order valence-corrected chi connectivity index (χ1v) is 6.89. The highest BCUT2D eigenvalue weighted by Crippen LogP contribution is 2.15. The van der Waals surface area contributed by atoms with Crippen LogP contribution in [0.2, 0.25) is 0 Å². The quantitative estimate of drug-likeness (QED) is 0.348. The van der Waals surface area contributed by atoms with Crippen LogP contribution in [0.5, 0.6) is 0 Å². The average molecular weight is 289 g/mol. The third-order valence-electron chi connectivity index (χ3n) is 2.91. The number of amidine groups is 1. The molecular formula is C14H15N3O2S. The summed E-state index contributed by atoms with van der Waals surface area (Å²) in [6, 6.07) is 8.66. The lowest BCUT2D eigenvalue weighted by Gasteiger charge is -2.06. The van der Waals surface area contributed by atoms with Crippen LogP contribution < -0.4 is 11.1 Å². The van der Waals surface area contributed by atoms with Crippen molar-refractivity contribution in [2.45, 2.75) is 13.5 Å². The monoisotopic (exact) mass is 289 g/mol. The number of hydrogen-bond donors (Lipinski definition) is 3. The van der Waals surface area contributed by atoms with Crippen molar-refractivity contribution in [1.29, 1.82) is 0 Å². The number of hydrogen-bond acceptors (Lipinski definition) is 4. The summed E-state index contributed by atoms with van der Waals surface area (Å²) in [5.41, 5.74) is 7.65. The molecule has 1 aromatic heterocycles. The van der Waals surface area contributed by atoms with Crippen molar-refractivity contribution < 1.29 is 10.0 Å². The maximum atomic E-state index is 12.1. The zero-order chi connectivity index (χ0) is 14.5. The largest absolute Gasteiger partial charge is 0.409 e. The number of nitrogens with one attached hydrogen (secondary N) is 1. The maximum absolute atomic E-state index is 12.1. The van der Waals surface area contributed by atoms with Crippen molar-refractivity contribution in [1.82, 2.24) is 5.32 Å². The Morgan fingerprint density at radius 1 is 1.40 bits per heavy atom. The van der Waals surface area contributed by atoms with E-state index in [1.807, 2.05) is 18.4 Å². The molecule has 0 saturated carbocycles. The molecule has 6 heteroatoms. The van der Waals surface area contributed by atoms with E-state index in [1.54, 1.807) is 35.6 Å². The number of nitrogens with two attached hydrogens (primary N) is 1. The normalized spacial score (nSPS) is 11.3. The topological polar surface area (TPSA) is 87.7 Å². The van der Waals surface area contributed by atoms with Gasteiger partial charge in [-0.05, 0) is 36.1 Å². The predicted molar refractivity (Wildman–Crippen MR) is 79.2 cm³/mol. The molecule has 0 atom stereocenters. The highest BCUT2D eigenvalue weighted by atomic mass is 32.1. The fourth-order valence-corrected chi connectivity index (χ4v) is 2.57. The molecular weight excluding hydrogens is 274 g/mol. The standard InChI is InChI=1S/C14H15N3O2S/c1-9-5-6-20-12(9)8-16-14(18)11-4-2-3-10(7-11)13(15)17-19/h2-7,19H,8H2,1H3,(H2,15,17)(H,16,18). The van der Waals surface area contributed by atoms with Gasteiger partial charge in [0.25, 0.3) is 5.91 Å². The summed E-state index contributed by atoms with van der Waals surface area (Å²) < 4.78 is 0. The first-order valence-electron chi connectivity index (χ1n) is 6.01. The summed E-state index contributed by atoms with van der Waals surface area (Å²) in [6.07, 6.45) is 0. The molecule has 0 unspecified atom stereocenters. The molecule has 0 spiro atoms. The molecule has 4 N–H and O–H groups in total. The van der Waals surface area contributed by atoms with Crippen molar-refractivity contribution in [3.63, 3.8) is 0 Å². The van der Waals surface area contributed by atoms with E-state index in [4.69, 9.17) is 10.9 Å². The van der Waals surface area contributed by atoms with E-state index in [1.165, 1.54) is 5.56 Å². The Morgan fingerprint density at radius 2 is 2.15 bits per heavy atom. The zero-order valence-electron chi connectivity index (χ0n) is 11.0. The van der Waals surface area contributed by atoms with Crippen LogP contribution in [-0.2, 0) is 6.54 Å². The van der Waals surface area contributed by atoms with E-state index in [0.29, 0.717) is 17.7 Å². The van der Waals surface area contributed by atoms with Crippen LogP contribution in [0.4, 0.5) is 0 Å². The SMILES string of the molecule is Cc1ccsc1CNC(=O)c1cccc(/C(N)=N/O)c1. The predicted octanol–water partition coefficient (Wildman–Crippen LogP) is 2.08. The minimum Gasteiger partial charge on any atom is -0.409 e. The zero-order valence-corrected chi connectivity index (χ0v) is 11.8. The number of carbonyl (C=O) groups is 1. The third-order valence-corrected chi connectivity index (χ3v) is 3.93. The van der Waals surface area contributed by atoms with Crippen molar-refractivity contribution in [3.05, 3.63) is 57.3 Å². The highest BCUT2D eigenvalue weighted by molar-refractivity contribution is 7.10. The third kappa shape index (κ3) is 3.16. The van der Waals surface area contributed by atoms with E-state index >= 15 is 0 Å². The number of aryl methyl sites for hydroxylation is 1. The first-order chi connectivity index (χ1) is 9.61. The molecule has 1 aromatic carbocycles. The molecule has 0 aliphatic rings. The number of oxime groups is 1. The van der Waals surface area contributed by atoms with Crippen LogP contribution in [0.1, 0.15) is 26.4 Å². The molecule has 0 saturated heterocycles. The summed E-state index contributed by atoms with van der Waals surface area (Å²) in [5.74, 6) is -0.209. The Labute approximate surface area is 120 Å². The van der Waals surface area contributed by atoms with Crippen molar-refractivity contribution >= 4 is 23.1 Å². The van der Waals surface area contributed by atoms with Crippen molar-refractivity contribution in [2.24, 2.45) is 10.9 Å². The van der Waals surface area contributed by atoms with E-state index in [-0.39, 0.29) is 11.7 Å². The smallest absolute Gasteiger partial charge is 0.251 e. The van der Waals surface area contributed by atoms with E-state index in [9.17, 15) is 4.79 Å². The number of carbonyl (C=O) groups excluding carboxylic acids is 1. The molecule has 0 aliphatic heterocycles. The maximum Gasteiger partial charge on any atom is 0.251 e. The summed E-state index contributed by atoms with van der Waals surface area (Å²) in [7, 11) is 0. The molecule has 1 heterocycles. The van der Waals surface area contributed by atoms with Gasteiger partial charge in [-0.1, -0.05) is 17.3 Å². The van der Waals surface area contributed by atoms with Gasteiger partial charge >= 0.3 is 0 Å². The molecule has 0 aliphatic carbocycles. The number of amides is 1. The number of thiophene rings is 1. The summed E-state index contributed by atoms with van der Waals surface area (Å²) >= 11 is 1.61. The fourth-order valence-electron chi connectivity index (χ4n) is 1.73. The van der Waals surface area contributed by atoms with Gasteiger partial charge in [0.05, 0.1) is 6.54 Å². The van der Waals surface area contributed by atoms with Crippen molar-refractivity contribution in [2.75, 3.05) is 0 Å². The van der Waals surface area contributed by atoms with Gasteiger partial charge in [-0.15, -0.1) is 11.3 Å². The molecule has 1 amide bonds. The second-order valence-electron chi connectivity index (χ2n) is 4.28. The van der Waals surface area contributed by atoms with E-state index < -0.39 is 0 Å². The Morgan fingerprint density at radius 3 is 2.80 bits per heavy atom. The van der Waals surface area contributed by atoms with Crippen LogP contribution in [0.3, 0.4) is 0 Å². The highest BCUT2D eigenvalue weighted by Gasteiger charge is 2.09. The average Bonchev–Trinajstić information content (AvgIpc) is 2.89. The van der Waals surface area contributed by atoms with Gasteiger partial charge in [-0.2, -0.15) is 0 Å². The lowest BCUT2D eigenvalue weighted by Crippen LogP contribution is -2.23. The number of rotatable bonds is 4. The minimum atomic E-state index is -0.189. The van der Waals surface area contributed by atoms with Crippen LogP contribution in [0.15, 0.2) is 40.9 Å². The summed E-state index contributed by atoms with van der Waals surface area (Å²) in [6.45, 7) is 2.51. The molecule has 20 heavy (non-hydrogen) atoms. The van der Waals surface area contributed by atoms with Crippen LogP contribution in [0, 0.1) is 6.92 Å². The Balaban J connectivity index is 2.08. The van der Waals surface area contributed by atoms with Crippen LogP contribution in [-0.4, -0.2) is 17.0 Å². The Bertz CT molecular complexity index is 649. The van der Waals surface area contributed by atoms with Gasteiger partial charge in [0.2, 0.25) is 0 Å². The van der Waals surface area contributed by atoms with Gasteiger partial charge in [0, 0.05) is 16.0 Å². The summed E-state index contributed by atoms with van der Waals surface area (Å²) in [5, 5.41) is 16.4. The molecule has 104 valence electrons. The lowest BCUT2D eigenvalue weighted by molar-refractivity contribution is 0.0951. The van der Waals surface area contributed by atoms with Gasteiger partial charge in [-0.3, -0.25) is 4.79 Å². The molecule has 0 radical (unpaired) electrons. The second-order valence-corrected chi connectivity index (χ2v) is 5.28. The number of benzene rings is 1. The van der Waals surface area contributed by atoms with Crippen LogP contribution in [0.25, 0.3) is 0 Å². The number of nitrogens with zero attached hydrogens (tertiary/aromatic N) is 1. The van der Waals surface area contributed by atoms with Gasteiger partial charge in [0.15, 0.2) is 5.84 Å². The molecule has 0 bridgehead atoms. The first kappa shape index (κ1) is 14.1. The Hall–Kier alpha value is -2.34. The lowest BCUT2D eigenvalue weighted by atomic mass is 10.1. The van der Waals surface area contributed by atoms with Gasteiger partial charge in [0.1, 0.15) is 0 Å². The Kier molecular flexibility index (Phi) is 4.37. The van der Waals surface area contributed by atoms with Crippen LogP contribution >= 0.6 is 11.3 Å². The molecule has 2 aromatic rings. The molecule has 2 rings (SSSR count). The second kappa shape index (κ2) is 6.21.